The molecule has 1 saturated carbocycles. The summed E-state index contributed by atoms with van der Waals surface area (Å²) in [6, 6.07) is 0.728. The fraction of sp³-hybridized carbons (Fsp3) is 0.688. The standard InChI is InChI=1S/C16H26N4.2ClH/c1-4-7-20-10-13(8-17-20)9-19-11-15(14-5-6-14)16(12-19)18(2)3;;/h4,8,10,14-16H,1,5-7,9,11-12H2,2-3H3;2*1H/t15-,16+;;/m1../s1. The van der Waals surface area contributed by atoms with Crippen LogP contribution in [0.5, 0.6) is 0 Å². The van der Waals surface area contributed by atoms with Crippen LogP contribution in [0, 0.1) is 11.8 Å². The van der Waals surface area contributed by atoms with Crippen LogP contribution >= 0.6 is 24.8 Å². The molecule has 1 saturated heterocycles. The minimum Gasteiger partial charge on any atom is -0.305 e. The molecule has 0 unspecified atom stereocenters. The summed E-state index contributed by atoms with van der Waals surface area (Å²) in [6.45, 7) is 8.03. The minimum atomic E-state index is 0. The summed E-state index contributed by atoms with van der Waals surface area (Å²) < 4.78 is 1.96. The molecule has 0 amide bonds. The number of nitrogens with zero attached hydrogens (tertiary/aromatic N) is 4. The van der Waals surface area contributed by atoms with Gasteiger partial charge in [-0.2, -0.15) is 5.10 Å². The van der Waals surface area contributed by atoms with Gasteiger partial charge in [0, 0.05) is 37.4 Å². The van der Waals surface area contributed by atoms with Crippen LogP contribution in [-0.2, 0) is 13.1 Å². The Morgan fingerprint density at radius 2 is 2.05 bits per heavy atom. The van der Waals surface area contributed by atoms with E-state index in [0.29, 0.717) is 0 Å². The first-order valence-electron chi connectivity index (χ1n) is 7.68. The summed E-state index contributed by atoms with van der Waals surface area (Å²) in [7, 11) is 4.46. The van der Waals surface area contributed by atoms with Gasteiger partial charge in [0.2, 0.25) is 0 Å². The van der Waals surface area contributed by atoms with E-state index in [1.807, 2.05) is 17.0 Å². The van der Waals surface area contributed by atoms with Gasteiger partial charge in [0.25, 0.3) is 0 Å². The van der Waals surface area contributed by atoms with E-state index in [0.717, 1.165) is 31.0 Å². The normalized spacial score (nSPS) is 24.9. The predicted molar refractivity (Wildman–Crippen MR) is 95.9 cm³/mol. The lowest BCUT2D eigenvalue weighted by molar-refractivity contribution is 0.233. The second-order valence-corrected chi connectivity index (χ2v) is 6.59. The Morgan fingerprint density at radius 3 is 2.64 bits per heavy atom. The molecule has 6 heteroatoms. The van der Waals surface area contributed by atoms with Crippen molar-refractivity contribution in [1.82, 2.24) is 19.6 Å². The molecule has 1 aliphatic heterocycles. The molecule has 0 bridgehead atoms. The maximum absolute atomic E-state index is 4.38. The minimum absolute atomic E-state index is 0. The van der Waals surface area contributed by atoms with Crippen LogP contribution < -0.4 is 0 Å². The van der Waals surface area contributed by atoms with Crippen molar-refractivity contribution in [2.24, 2.45) is 11.8 Å². The molecule has 2 fully saturated rings. The Morgan fingerprint density at radius 1 is 1.32 bits per heavy atom. The van der Waals surface area contributed by atoms with Gasteiger partial charge in [-0.1, -0.05) is 6.08 Å². The third-order valence-electron chi connectivity index (χ3n) is 4.71. The molecule has 2 atom stereocenters. The molecular weight excluding hydrogens is 319 g/mol. The van der Waals surface area contributed by atoms with E-state index in [-0.39, 0.29) is 24.8 Å². The highest BCUT2D eigenvalue weighted by Gasteiger charge is 2.43. The lowest BCUT2D eigenvalue weighted by Gasteiger charge is -2.24. The van der Waals surface area contributed by atoms with Crippen LogP contribution in [0.25, 0.3) is 0 Å². The second kappa shape index (κ2) is 8.34. The van der Waals surface area contributed by atoms with Gasteiger partial charge in [-0.3, -0.25) is 9.58 Å². The summed E-state index contributed by atoms with van der Waals surface area (Å²) in [5, 5.41) is 4.38. The van der Waals surface area contributed by atoms with Crippen LogP contribution in [0.4, 0.5) is 0 Å². The molecule has 126 valence electrons. The van der Waals surface area contributed by atoms with Gasteiger partial charge < -0.3 is 4.90 Å². The number of likely N-dealkylation sites (tertiary alicyclic amines) is 1. The van der Waals surface area contributed by atoms with Gasteiger partial charge in [-0.05, 0) is 38.8 Å². The maximum Gasteiger partial charge on any atom is 0.0587 e. The molecule has 0 radical (unpaired) electrons. The first-order valence-corrected chi connectivity index (χ1v) is 7.68. The molecule has 2 heterocycles. The average molecular weight is 347 g/mol. The molecule has 1 aromatic heterocycles. The molecular formula is C16H28Cl2N4. The van der Waals surface area contributed by atoms with E-state index < -0.39 is 0 Å². The van der Waals surface area contributed by atoms with Crippen molar-refractivity contribution < 1.29 is 0 Å². The number of hydrogen-bond donors (Lipinski definition) is 0. The van der Waals surface area contributed by atoms with Crippen LogP contribution in [0.3, 0.4) is 0 Å². The Labute approximate surface area is 146 Å². The number of rotatable bonds is 6. The largest absolute Gasteiger partial charge is 0.305 e. The third kappa shape index (κ3) is 4.48. The summed E-state index contributed by atoms with van der Waals surface area (Å²) in [5.41, 5.74) is 1.32. The smallest absolute Gasteiger partial charge is 0.0587 e. The molecule has 22 heavy (non-hydrogen) atoms. The highest BCUT2D eigenvalue weighted by Crippen LogP contribution is 2.42. The Balaban J connectivity index is 0.00000121. The highest BCUT2D eigenvalue weighted by molar-refractivity contribution is 5.85. The zero-order valence-electron chi connectivity index (χ0n) is 13.5. The fourth-order valence-corrected chi connectivity index (χ4v) is 3.54. The lowest BCUT2D eigenvalue weighted by atomic mass is 9.97. The monoisotopic (exact) mass is 346 g/mol. The zero-order chi connectivity index (χ0) is 14.1. The number of hydrogen-bond acceptors (Lipinski definition) is 3. The Kier molecular flexibility index (Phi) is 7.39. The summed E-state index contributed by atoms with van der Waals surface area (Å²) in [5.74, 6) is 1.85. The average Bonchev–Trinajstić information content (AvgIpc) is 3.02. The third-order valence-corrected chi connectivity index (χ3v) is 4.71. The summed E-state index contributed by atoms with van der Waals surface area (Å²) in [4.78, 5) is 5.02. The highest BCUT2D eigenvalue weighted by atomic mass is 35.5. The van der Waals surface area contributed by atoms with E-state index >= 15 is 0 Å². The van der Waals surface area contributed by atoms with Gasteiger partial charge in [-0.25, -0.2) is 0 Å². The van der Waals surface area contributed by atoms with Crippen LogP contribution in [0.1, 0.15) is 18.4 Å². The first-order chi connectivity index (χ1) is 9.67. The van der Waals surface area contributed by atoms with Gasteiger partial charge >= 0.3 is 0 Å². The van der Waals surface area contributed by atoms with Crippen molar-refractivity contribution in [3.05, 3.63) is 30.6 Å². The number of allylic oxidation sites excluding steroid dienone is 1. The predicted octanol–water partition coefficient (Wildman–Crippen LogP) is 2.68. The first kappa shape index (κ1) is 19.5. The van der Waals surface area contributed by atoms with Crippen molar-refractivity contribution in [1.29, 1.82) is 0 Å². The molecule has 0 spiro atoms. The molecule has 2 aliphatic rings. The molecule has 0 N–H and O–H groups in total. The van der Waals surface area contributed by atoms with Gasteiger partial charge in [0.15, 0.2) is 0 Å². The Bertz CT molecular complexity index is 460. The topological polar surface area (TPSA) is 24.3 Å². The Hall–Kier alpha value is -0.550. The van der Waals surface area contributed by atoms with Crippen molar-refractivity contribution in [2.45, 2.75) is 32.0 Å². The number of halogens is 2. The van der Waals surface area contributed by atoms with Crippen LogP contribution in [-0.4, -0.2) is 52.8 Å². The molecule has 1 aliphatic carbocycles. The zero-order valence-corrected chi connectivity index (χ0v) is 15.2. The second-order valence-electron chi connectivity index (χ2n) is 6.59. The summed E-state index contributed by atoms with van der Waals surface area (Å²) >= 11 is 0. The van der Waals surface area contributed by atoms with Gasteiger partial charge in [0.05, 0.1) is 12.7 Å². The van der Waals surface area contributed by atoms with Crippen molar-refractivity contribution in [3.8, 4) is 0 Å². The number of likely N-dealkylation sites (N-methyl/N-ethyl adjacent to an activating group) is 1. The number of aromatic nitrogens is 2. The van der Waals surface area contributed by atoms with Gasteiger partial charge in [0.1, 0.15) is 0 Å². The van der Waals surface area contributed by atoms with Crippen LogP contribution in [0.2, 0.25) is 0 Å². The molecule has 0 aromatic carbocycles. The molecule has 3 rings (SSSR count). The van der Waals surface area contributed by atoms with E-state index in [9.17, 15) is 0 Å². The lowest BCUT2D eigenvalue weighted by Crippen LogP contribution is -2.36. The SMILES string of the molecule is C=CCn1cc(CN2C[C@H](C3CC3)[C@@H](N(C)C)C2)cn1.Cl.Cl. The van der Waals surface area contributed by atoms with Crippen LogP contribution in [0.15, 0.2) is 25.0 Å². The molecule has 4 nitrogen and oxygen atoms in total. The quantitative estimate of drug-likeness (QED) is 0.740. The summed E-state index contributed by atoms with van der Waals surface area (Å²) in [6.07, 6.45) is 8.92. The maximum atomic E-state index is 4.38. The molecule has 1 aromatic rings. The van der Waals surface area contributed by atoms with E-state index in [1.54, 1.807) is 0 Å². The van der Waals surface area contributed by atoms with E-state index in [2.05, 4.69) is 41.8 Å². The van der Waals surface area contributed by atoms with Gasteiger partial charge in [-0.15, -0.1) is 31.4 Å². The van der Waals surface area contributed by atoms with E-state index in [1.165, 1.54) is 31.5 Å². The van der Waals surface area contributed by atoms with Crippen molar-refractivity contribution in [2.75, 3.05) is 27.2 Å². The van der Waals surface area contributed by atoms with Crippen molar-refractivity contribution >= 4 is 24.8 Å². The van der Waals surface area contributed by atoms with E-state index in [4.69, 9.17) is 0 Å². The fourth-order valence-electron chi connectivity index (χ4n) is 3.54. The van der Waals surface area contributed by atoms with Crippen molar-refractivity contribution in [3.63, 3.8) is 0 Å².